The van der Waals surface area contributed by atoms with Crippen LogP contribution in [0.4, 0.5) is 14.5 Å². The number of carboxylic acids is 1. The molecule has 0 aliphatic heterocycles. The van der Waals surface area contributed by atoms with Crippen molar-refractivity contribution in [3.63, 3.8) is 0 Å². The number of aromatic nitrogens is 2. The fourth-order valence-electron chi connectivity index (χ4n) is 2.84. The Morgan fingerprint density at radius 2 is 1.87 bits per heavy atom. The lowest BCUT2D eigenvalue weighted by molar-refractivity contribution is -0.255. The van der Waals surface area contributed by atoms with E-state index < -0.39 is 23.5 Å². The lowest BCUT2D eigenvalue weighted by Gasteiger charge is -2.22. The second-order valence-corrected chi connectivity index (χ2v) is 7.16. The molecule has 0 atom stereocenters. The molecule has 0 spiro atoms. The van der Waals surface area contributed by atoms with Crippen LogP contribution >= 0.6 is 11.8 Å². The molecule has 1 amide bonds. The number of amides is 1. The second kappa shape index (κ2) is 9.86. The molecular weight excluding hydrogens is 426 g/mol. The summed E-state index contributed by atoms with van der Waals surface area (Å²) in [7, 11) is 0. The molecule has 10 heteroatoms. The van der Waals surface area contributed by atoms with Crippen LogP contribution in [0.2, 0.25) is 0 Å². The molecule has 2 aromatic carbocycles. The lowest BCUT2D eigenvalue weighted by Crippen LogP contribution is -2.34. The van der Waals surface area contributed by atoms with Gasteiger partial charge in [0, 0.05) is 12.2 Å². The van der Waals surface area contributed by atoms with Gasteiger partial charge in [0.15, 0.2) is 5.16 Å². The van der Waals surface area contributed by atoms with Gasteiger partial charge in [-0.05, 0) is 36.4 Å². The fourth-order valence-corrected chi connectivity index (χ4v) is 3.71. The van der Waals surface area contributed by atoms with E-state index in [1.54, 1.807) is 6.07 Å². The fraction of sp³-hybridized carbons (Fsp3) is 0.143. The molecule has 0 bridgehead atoms. The average Bonchev–Trinajstić information content (AvgIpc) is 3.18. The number of rotatable bonds is 8. The Bertz CT molecular complexity index is 1140. The molecule has 31 heavy (non-hydrogen) atoms. The molecule has 0 saturated carbocycles. The number of nitriles is 1. The molecule has 0 fully saturated rings. The number of benzene rings is 2. The van der Waals surface area contributed by atoms with Gasteiger partial charge < -0.3 is 14.8 Å². The maximum atomic E-state index is 14.2. The zero-order chi connectivity index (χ0) is 22.4. The Balaban J connectivity index is 1.86. The maximum absolute atomic E-state index is 14.2. The summed E-state index contributed by atoms with van der Waals surface area (Å²) < 4.78 is 28.7. The van der Waals surface area contributed by atoms with Crippen LogP contribution in [0.25, 0.3) is 5.69 Å². The molecule has 0 saturated heterocycles. The summed E-state index contributed by atoms with van der Waals surface area (Å²) in [4.78, 5) is 29.5. The predicted octanol–water partition coefficient (Wildman–Crippen LogP) is 2.55. The Morgan fingerprint density at radius 1 is 1.16 bits per heavy atom. The molecule has 3 aromatic rings. The van der Waals surface area contributed by atoms with Crippen LogP contribution in [-0.4, -0.2) is 33.7 Å². The van der Waals surface area contributed by atoms with Crippen molar-refractivity contribution in [2.45, 2.75) is 11.6 Å². The quantitative estimate of drug-likeness (QED) is 0.498. The van der Waals surface area contributed by atoms with Crippen molar-refractivity contribution in [1.82, 2.24) is 9.55 Å². The third-order valence-corrected chi connectivity index (χ3v) is 5.18. The molecule has 0 aliphatic carbocycles. The van der Waals surface area contributed by atoms with Gasteiger partial charge in [0.1, 0.15) is 11.6 Å². The Morgan fingerprint density at radius 3 is 2.52 bits per heavy atom. The summed E-state index contributed by atoms with van der Waals surface area (Å²) >= 11 is 0.925. The molecule has 1 aromatic heterocycles. The summed E-state index contributed by atoms with van der Waals surface area (Å²) in [5.41, 5.74) is 0.0983. The van der Waals surface area contributed by atoms with Crippen LogP contribution in [0.1, 0.15) is 16.9 Å². The first-order valence-electron chi connectivity index (χ1n) is 9.02. The highest BCUT2D eigenvalue weighted by molar-refractivity contribution is 7.99. The number of hydrogen-bond donors (Lipinski definition) is 0. The van der Waals surface area contributed by atoms with E-state index in [0.717, 1.165) is 35.0 Å². The summed E-state index contributed by atoms with van der Waals surface area (Å²) in [6, 6.07) is 12.7. The third-order valence-electron chi connectivity index (χ3n) is 4.24. The van der Waals surface area contributed by atoms with E-state index in [1.807, 2.05) is 6.07 Å². The van der Waals surface area contributed by atoms with Gasteiger partial charge in [-0.25, -0.2) is 13.8 Å². The highest BCUT2D eigenvalue weighted by Gasteiger charge is 2.21. The molecule has 7 nitrogen and oxygen atoms in total. The minimum atomic E-state index is -1.49. The Kier molecular flexibility index (Phi) is 6.99. The topological polar surface area (TPSA) is 102 Å². The van der Waals surface area contributed by atoms with E-state index in [1.165, 1.54) is 34.9 Å². The lowest BCUT2D eigenvalue weighted by atomic mass is 10.2. The normalized spacial score (nSPS) is 10.5. The van der Waals surface area contributed by atoms with E-state index in [0.29, 0.717) is 5.69 Å². The number of nitrogens with zero attached hydrogens (tertiary/aromatic N) is 4. The van der Waals surface area contributed by atoms with Gasteiger partial charge in [-0.3, -0.25) is 9.36 Å². The number of anilines is 1. The van der Waals surface area contributed by atoms with Crippen LogP contribution in [0.3, 0.4) is 0 Å². The van der Waals surface area contributed by atoms with Gasteiger partial charge in [0.05, 0.1) is 41.8 Å². The molecule has 1 heterocycles. The highest BCUT2D eigenvalue weighted by Crippen LogP contribution is 2.26. The van der Waals surface area contributed by atoms with Crippen molar-refractivity contribution in [2.24, 2.45) is 0 Å². The van der Waals surface area contributed by atoms with E-state index in [-0.39, 0.29) is 35.3 Å². The van der Waals surface area contributed by atoms with Crippen LogP contribution in [0.5, 0.6) is 0 Å². The second-order valence-electron chi connectivity index (χ2n) is 6.22. The van der Waals surface area contributed by atoms with Crippen molar-refractivity contribution < 1.29 is 23.5 Å². The van der Waals surface area contributed by atoms with Gasteiger partial charge in [-0.15, -0.1) is 0 Å². The van der Waals surface area contributed by atoms with E-state index in [2.05, 4.69) is 4.98 Å². The average molecular weight is 441 g/mol. The van der Waals surface area contributed by atoms with Gasteiger partial charge >= 0.3 is 0 Å². The zero-order valence-corrected chi connectivity index (χ0v) is 16.8. The van der Waals surface area contributed by atoms with Crippen molar-refractivity contribution in [2.75, 3.05) is 17.2 Å². The Hall–Kier alpha value is -3.71. The SMILES string of the molecule is N#CCCN(C(=O)CSc1ncc(C(=O)[O-])n1-c1ccc(F)cc1)c1ccccc1F. The van der Waals surface area contributed by atoms with Crippen molar-refractivity contribution in [3.05, 3.63) is 72.1 Å². The summed E-state index contributed by atoms with van der Waals surface area (Å²) in [5, 5.41) is 20.5. The summed E-state index contributed by atoms with van der Waals surface area (Å²) in [6.45, 7) is -0.00642. The molecule has 0 aliphatic rings. The van der Waals surface area contributed by atoms with E-state index >= 15 is 0 Å². The van der Waals surface area contributed by atoms with Gasteiger partial charge in [0.2, 0.25) is 5.91 Å². The molecule has 0 radical (unpaired) electrons. The summed E-state index contributed by atoms with van der Waals surface area (Å²) in [5.74, 6) is -3.29. The van der Waals surface area contributed by atoms with E-state index in [9.17, 15) is 23.5 Å². The number of hydrogen-bond acceptors (Lipinski definition) is 6. The smallest absolute Gasteiger partial charge is 0.237 e. The minimum Gasteiger partial charge on any atom is -0.543 e. The van der Waals surface area contributed by atoms with Crippen molar-refractivity contribution >= 4 is 29.3 Å². The van der Waals surface area contributed by atoms with Crippen molar-refractivity contribution in [3.8, 4) is 11.8 Å². The number of imidazole rings is 1. The zero-order valence-electron chi connectivity index (χ0n) is 16.0. The highest BCUT2D eigenvalue weighted by atomic mass is 32.2. The number of carboxylic acid groups (broad SMARTS) is 1. The Labute approximate surface area is 180 Å². The number of carbonyl (C=O) groups excluding carboxylic acids is 2. The van der Waals surface area contributed by atoms with Crippen LogP contribution in [-0.2, 0) is 4.79 Å². The first-order valence-corrected chi connectivity index (χ1v) is 10.0. The summed E-state index contributed by atoms with van der Waals surface area (Å²) in [6.07, 6.45) is 1.08. The van der Waals surface area contributed by atoms with Crippen LogP contribution in [0.15, 0.2) is 59.9 Å². The molecule has 0 N–H and O–H groups in total. The maximum Gasteiger partial charge on any atom is 0.237 e. The molecular formula is C21H15F2N4O3S-. The van der Waals surface area contributed by atoms with Crippen LogP contribution < -0.4 is 10.0 Å². The largest absolute Gasteiger partial charge is 0.543 e. The van der Waals surface area contributed by atoms with Crippen LogP contribution in [0, 0.1) is 23.0 Å². The predicted molar refractivity (Wildman–Crippen MR) is 108 cm³/mol. The first-order chi connectivity index (χ1) is 14.9. The third kappa shape index (κ3) is 5.07. The standard InChI is InChI=1S/C21H16F2N4O3S/c22-14-6-8-15(9-7-14)27-18(20(29)30)12-25-21(27)31-13-19(28)26(11-3-10-24)17-5-2-1-4-16(17)23/h1-2,4-9,12H,3,11,13H2,(H,29,30)/p-1. The van der Waals surface area contributed by atoms with Gasteiger partial charge in [0.25, 0.3) is 0 Å². The molecule has 0 unspecified atom stereocenters. The monoisotopic (exact) mass is 441 g/mol. The van der Waals surface area contributed by atoms with E-state index in [4.69, 9.17) is 5.26 Å². The number of para-hydroxylation sites is 1. The minimum absolute atomic E-state index is 0.00375. The van der Waals surface area contributed by atoms with Gasteiger partial charge in [-0.2, -0.15) is 5.26 Å². The number of aromatic carboxylic acids is 1. The van der Waals surface area contributed by atoms with Crippen molar-refractivity contribution in [1.29, 1.82) is 5.26 Å². The number of thioether (sulfide) groups is 1. The van der Waals surface area contributed by atoms with Gasteiger partial charge in [-0.1, -0.05) is 23.9 Å². The first kappa shape index (κ1) is 22.0. The molecule has 158 valence electrons. The number of halogens is 2. The molecule has 3 rings (SSSR count). The number of carbonyl (C=O) groups is 2.